The molecule has 1 aliphatic heterocycles. The highest BCUT2D eigenvalue weighted by Gasteiger charge is 2.34. The van der Waals surface area contributed by atoms with Gasteiger partial charge in [0.25, 0.3) is 0 Å². The molecule has 1 saturated heterocycles. The summed E-state index contributed by atoms with van der Waals surface area (Å²) < 4.78 is 13.0. The van der Waals surface area contributed by atoms with E-state index in [-0.39, 0.29) is 12.1 Å². The maximum Gasteiger partial charge on any atom is 0.410 e. The van der Waals surface area contributed by atoms with Gasteiger partial charge in [0.1, 0.15) is 29.2 Å². The number of rotatable bonds is 3. The quantitative estimate of drug-likeness (QED) is 0.444. The van der Waals surface area contributed by atoms with Crippen LogP contribution in [0.5, 0.6) is 0 Å². The minimum atomic E-state index is -0.691. The number of hydrogen-bond donors (Lipinski definition) is 0. The van der Waals surface area contributed by atoms with E-state index in [0.717, 1.165) is 0 Å². The van der Waals surface area contributed by atoms with Gasteiger partial charge in [0, 0.05) is 49.2 Å². The molecular formula is C26H33ClN6O4. The topological polar surface area (TPSA) is 103 Å². The molecule has 4 heterocycles. The molecule has 10 nitrogen and oxygen atoms in total. The molecule has 3 aromatic rings. The predicted octanol–water partition coefficient (Wildman–Crippen LogP) is 4.87. The molecule has 1 amide bonds. The SMILES string of the molecule is C[C@@H]1CN(c2ncnc3c2c(C(=O)OC(C)(C)C)cn3-c2cc(Cl)ccn2)CCN1C(=O)OC(C)(C)C. The summed E-state index contributed by atoms with van der Waals surface area (Å²) in [5, 5.41) is 1.06. The normalized spacial score (nSPS) is 16.7. The Kier molecular flexibility index (Phi) is 7.07. The van der Waals surface area contributed by atoms with E-state index < -0.39 is 17.2 Å². The van der Waals surface area contributed by atoms with E-state index in [0.29, 0.717) is 52.9 Å². The Balaban J connectivity index is 1.76. The summed E-state index contributed by atoms with van der Waals surface area (Å²) in [7, 11) is 0. The van der Waals surface area contributed by atoms with Crippen LogP contribution in [0.2, 0.25) is 5.02 Å². The molecule has 0 saturated carbocycles. The fourth-order valence-corrected chi connectivity index (χ4v) is 4.37. The van der Waals surface area contributed by atoms with Gasteiger partial charge in [-0.2, -0.15) is 0 Å². The lowest BCUT2D eigenvalue weighted by Crippen LogP contribution is -2.55. The number of esters is 1. The van der Waals surface area contributed by atoms with E-state index in [1.54, 1.807) is 34.0 Å². The minimum absolute atomic E-state index is 0.143. The van der Waals surface area contributed by atoms with Crippen LogP contribution in [0.4, 0.5) is 10.6 Å². The fourth-order valence-electron chi connectivity index (χ4n) is 4.22. The highest BCUT2D eigenvalue weighted by Crippen LogP contribution is 2.33. The van der Waals surface area contributed by atoms with Crippen LogP contribution >= 0.6 is 11.6 Å². The first-order valence-corrected chi connectivity index (χ1v) is 12.6. The molecule has 0 aromatic carbocycles. The van der Waals surface area contributed by atoms with Gasteiger partial charge in [-0.3, -0.25) is 4.57 Å². The first kappa shape index (κ1) is 26.7. The Morgan fingerprint density at radius 1 is 1.03 bits per heavy atom. The molecule has 0 spiro atoms. The first-order chi connectivity index (χ1) is 17.2. The maximum absolute atomic E-state index is 13.3. The lowest BCUT2D eigenvalue weighted by atomic mass is 10.1. The third-order valence-corrected chi connectivity index (χ3v) is 5.93. The average Bonchev–Trinajstić information content (AvgIpc) is 3.17. The van der Waals surface area contributed by atoms with Gasteiger partial charge in [-0.1, -0.05) is 11.6 Å². The Bertz CT molecular complexity index is 1330. The molecular weight excluding hydrogens is 496 g/mol. The molecule has 1 atom stereocenters. The summed E-state index contributed by atoms with van der Waals surface area (Å²) in [4.78, 5) is 43.3. The van der Waals surface area contributed by atoms with Crippen LogP contribution in [0, 0.1) is 0 Å². The molecule has 3 aromatic heterocycles. The highest BCUT2D eigenvalue weighted by molar-refractivity contribution is 6.30. The molecule has 0 N–H and O–H groups in total. The summed E-state index contributed by atoms with van der Waals surface area (Å²) in [6.07, 6.45) is 4.37. The molecule has 0 unspecified atom stereocenters. The van der Waals surface area contributed by atoms with E-state index in [9.17, 15) is 9.59 Å². The summed E-state index contributed by atoms with van der Waals surface area (Å²) >= 11 is 6.22. The molecule has 198 valence electrons. The van der Waals surface area contributed by atoms with Crippen LogP contribution in [0.15, 0.2) is 30.9 Å². The standard InChI is InChI=1S/C26H33ClN6O4/c1-16-13-31(10-11-32(16)24(35)37-26(5,6)7)21-20-18(23(34)36-25(2,3)4)14-33(22(20)30-15-29-21)19-12-17(27)8-9-28-19/h8-9,12,14-16H,10-11,13H2,1-7H3/t16-/m1/s1. The van der Waals surface area contributed by atoms with Crippen molar-refractivity contribution in [2.75, 3.05) is 24.5 Å². The number of piperazine rings is 1. The Hall–Kier alpha value is -3.40. The monoisotopic (exact) mass is 528 g/mol. The Morgan fingerprint density at radius 2 is 1.73 bits per heavy atom. The van der Waals surface area contributed by atoms with Crippen molar-refractivity contribution in [2.24, 2.45) is 0 Å². The molecule has 0 aliphatic carbocycles. The zero-order chi connectivity index (χ0) is 27.1. The summed E-state index contributed by atoms with van der Waals surface area (Å²) in [5.41, 5.74) is -0.442. The molecule has 1 fully saturated rings. The molecule has 1 aliphatic rings. The lowest BCUT2D eigenvalue weighted by molar-refractivity contribution is 0.00706. The van der Waals surface area contributed by atoms with Gasteiger partial charge in [0.2, 0.25) is 0 Å². The van der Waals surface area contributed by atoms with Crippen molar-refractivity contribution in [1.29, 1.82) is 0 Å². The molecule has 0 radical (unpaired) electrons. The van der Waals surface area contributed by atoms with Crippen LogP contribution < -0.4 is 4.90 Å². The van der Waals surface area contributed by atoms with E-state index >= 15 is 0 Å². The zero-order valence-corrected chi connectivity index (χ0v) is 23.0. The van der Waals surface area contributed by atoms with Gasteiger partial charge >= 0.3 is 12.1 Å². The fraction of sp³-hybridized carbons (Fsp3) is 0.500. The average molecular weight is 529 g/mol. The van der Waals surface area contributed by atoms with Gasteiger partial charge in [-0.05, 0) is 54.5 Å². The van der Waals surface area contributed by atoms with Crippen LogP contribution in [0.1, 0.15) is 58.8 Å². The third-order valence-electron chi connectivity index (χ3n) is 5.69. The second-order valence-electron chi connectivity index (χ2n) is 11.1. The van der Waals surface area contributed by atoms with Crippen molar-refractivity contribution >= 4 is 40.5 Å². The summed E-state index contributed by atoms with van der Waals surface area (Å²) in [5.74, 6) is 0.608. The van der Waals surface area contributed by atoms with E-state index in [2.05, 4.69) is 19.9 Å². The van der Waals surface area contributed by atoms with Crippen molar-refractivity contribution in [3.8, 4) is 5.82 Å². The second kappa shape index (κ2) is 9.81. The van der Waals surface area contributed by atoms with Crippen molar-refractivity contribution in [1.82, 2.24) is 24.4 Å². The van der Waals surface area contributed by atoms with Gasteiger partial charge < -0.3 is 19.3 Å². The summed E-state index contributed by atoms with van der Waals surface area (Å²) in [6.45, 7) is 14.4. The molecule has 0 bridgehead atoms. The van der Waals surface area contributed by atoms with Crippen LogP contribution in [-0.2, 0) is 9.47 Å². The highest BCUT2D eigenvalue weighted by atomic mass is 35.5. The zero-order valence-electron chi connectivity index (χ0n) is 22.3. The smallest absolute Gasteiger partial charge is 0.410 e. The number of ether oxygens (including phenoxy) is 2. The van der Waals surface area contributed by atoms with Gasteiger partial charge in [0.15, 0.2) is 5.65 Å². The number of fused-ring (bicyclic) bond motifs is 1. The van der Waals surface area contributed by atoms with Gasteiger partial charge in [0.05, 0.1) is 10.9 Å². The molecule has 4 rings (SSSR count). The van der Waals surface area contributed by atoms with Crippen LogP contribution in [0.3, 0.4) is 0 Å². The minimum Gasteiger partial charge on any atom is -0.456 e. The number of carbonyl (C=O) groups is 2. The second-order valence-corrected chi connectivity index (χ2v) is 11.5. The lowest BCUT2D eigenvalue weighted by Gasteiger charge is -2.40. The first-order valence-electron chi connectivity index (χ1n) is 12.2. The Labute approximate surface area is 221 Å². The van der Waals surface area contributed by atoms with E-state index in [1.807, 2.05) is 48.5 Å². The number of nitrogens with zero attached hydrogens (tertiary/aromatic N) is 6. The summed E-state index contributed by atoms with van der Waals surface area (Å²) in [6, 6.07) is 3.23. The van der Waals surface area contributed by atoms with E-state index in [4.69, 9.17) is 21.1 Å². The molecule has 11 heteroatoms. The maximum atomic E-state index is 13.3. The van der Waals surface area contributed by atoms with E-state index in [1.165, 1.54) is 6.33 Å². The number of carbonyl (C=O) groups excluding carboxylic acids is 2. The number of halogens is 1. The third kappa shape index (κ3) is 5.95. The van der Waals surface area contributed by atoms with Crippen molar-refractivity contribution in [3.05, 3.63) is 41.4 Å². The number of anilines is 1. The number of aromatic nitrogens is 4. The number of hydrogen-bond acceptors (Lipinski definition) is 8. The largest absolute Gasteiger partial charge is 0.456 e. The number of pyridine rings is 1. The molecule has 37 heavy (non-hydrogen) atoms. The Morgan fingerprint density at radius 3 is 2.35 bits per heavy atom. The number of amides is 1. The van der Waals surface area contributed by atoms with Crippen LogP contribution in [0.25, 0.3) is 16.9 Å². The van der Waals surface area contributed by atoms with Crippen molar-refractivity contribution < 1.29 is 19.1 Å². The van der Waals surface area contributed by atoms with Crippen molar-refractivity contribution in [3.63, 3.8) is 0 Å². The van der Waals surface area contributed by atoms with Gasteiger partial charge in [-0.25, -0.2) is 24.5 Å². The van der Waals surface area contributed by atoms with Crippen molar-refractivity contribution in [2.45, 2.75) is 65.7 Å². The van der Waals surface area contributed by atoms with Gasteiger partial charge in [-0.15, -0.1) is 0 Å². The predicted molar refractivity (Wildman–Crippen MR) is 141 cm³/mol. The van der Waals surface area contributed by atoms with Crippen LogP contribution in [-0.4, -0.2) is 73.4 Å².